The number of anilines is 1. The van der Waals surface area contributed by atoms with Crippen LogP contribution in [0.25, 0.3) is 5.69 Å². The van der Waals surface area contributed by atoms with Crippen LogP contribution in [-0.4, -0.2) is 62.9 Å². The van der Waals surface area contributed by atoms with Crippen LogP contribution in [0, 0.1) is 13.8 Å². The number of thioether (sulfide) groups is 1. The second-order valence-corrected chi connectivity index (χ2v) is 8.63. The van der Waals surface area contributed by atoms with Crippen molar-refractivity contribution in [2.75, 3.05) is 36.8 Å². The van der Waals surface area contributed by atoms with Crippen molar-refractivity contribution in [1.29, 1.82) is 0 Å². The van der Waals surface area contributed by atoms with Gasteiger partial charge in [0.05, 0.1) is 11.4 Å². The normalized spacial score (nSPS) is 14.2. The minimum Gasteiger partial charge on any atom is -0.368 e. The van der Waals surface area contributed by atoms with Crippen LogP contribution < -0.4 is 4.90 Å². The summed E-state index contributed by atoms with van der Waals surface area (Å²) in [6.07, 6.45) is 0. The second-order valence-electron chi connectivity index (χ2n) is 7.25. The summed E-state index contributed by atoms with van der Waals surface area (Å²) in [5.74, 6) is 0.407. The fourth-order valence-corrected chi connectivity index (χ4v) is 4.62. The van der Waals surface area contributed by atoms with Gasteiger partial charge in [0.2, 0.25) is 11.1 Å². The number of carbonyl (C=O) groups excluding carboxylic acids is 1. The van der Waals surface area contributed by atoms with Gasteiger partial charge in [0, 0.05) is 36.9 Å². The topological polar surface area (TPSA) is 67.2 Å². The van der Waals surface area contributed by atoms with Gasteiger partial charge in [-0.05, 0) is 53.6 Å². The predicted molar refractivity (Wildman–Crippen MR) is 120 cm³/mol. The third-order valence-electron chi connectivity index (χ3n) is 5.22. The van der Waals surface area contributed by atoms with E-state index in [0.29, 0.717) is 24.0 Å². The molecule has 1 saturated heterocycles. The van der Waals surface area contributed by atoms with Crippen LogP contribution >= 0.6 is 23.4 Å². The van der Waals surface area contributed by atoms with Crippen molar-refractivity contribution in [1.82, 2.24) is 25.1 Å². The van der Waals surface area contributed by atoms with Gasteiger partial charge in [-0.25, -0.2) is 0 Å². The average molecular weight is 443 g/mol. The lowest BCUT2D eigenvalue weighted by atomic mass is 10.1. The summed E-state index contributed by atoms with van der Waals surface area (Å²) in [5.41, 5.74) is 4.24. The molecule has 0 radical (unpaired) electrons. The summed E-state index contributed by atoms with van der Waals surface area (Å²) in [6, 6.07) is 13.9. The van der Waals surface area contributed by atoms with Crippen molar-refractivity contribution in [3.05, 3.63) is 58.6 Å². The summed E-state index contributed by atoms with van der Waals surface area (Å²) < 4.78 is 1.72. The van der Waals surface area contributed by atoms with E-state index >= 15 is 0 Å². The van der Waals surface area contributed by atoms with Gasteiger partial charge in [0.25, 0.3) is 0 Å². The molecule has 0 aliphatic carbocycles. The monoisotopic (exact) mass is 442 g/mol. The van der Waals surface area contributed by atoms with E-state index in [1.54, 1.807) is 4.68 Å². The first-order valence-corrected chi connectivity index (χ1v) is 11.2. The van der Waals surface area contributed by atoms with Gasteiger partial charge >= 0.3 is 0 Å². The molecule has 2 heterocycles. The number of aromatic nitrogens is 4. The standard InChI is InChI=1S/C21H23ClN6OS/c1-15-5-3-6-16(2)20(15)28-21(23-24-25-28)30-14-19(29)27-11-9-26(10-12-27)18-8-4-7-17(22)13-18/h3-8,13H,9-12,14H2,1-2H3. The summed E-state index contributed by atoms with van der Waals surface area (Å²) in [4.78, 5) is 16.9. The molecule has 0 saturated carbocycles. The highest BCUT2D eigenvalue weighted by molar-refractivity contribution is 7.99. The van der Waals surface area contributed by atoms with E-state index < -0.39 is 0 Å². The zero-order valence-electron chi connectivity index (χ0n) is 17.0. The van der Waals surface area contributed by atoms with E-state index in [2.05, 4.69) is 20.4 Å². The van der Waals surface area contributed by atoms with E-state index in [-0.39, 0.29) is 5.91 Å². The lowest BCUT2D eigenvalue weighted by Gasteiger charge is -2.36. The second kappa shape index (κ2) is 9.06. The van der Waals surface area contributed by atoms with Crippen molar-refractivity contribution in [2.45, 2.75) is 19.0 Å². The highest BCUT2D eigenvalue weighted by atomic mass is 35.5. The molecule has 9 heteroatoms. The predicted octanol–water partition coefficient (Wildman–Crippen LogP) is 3.37. The summed E-state index contributed by atoms with van der Waals surface area (Å²) in [6.45, 7) is 7.02. The van der Waals surface area contributed by atoms with Crippen molar-refractivity contribution >= 4 is 35.0 Å². The van der Waals surface area contributed by atoms with E-state index in [1.165, 1.54) is 11.8 Å². The summed E-state index contributed by atoms with van der Waals surface area (Å²) in [7, 11) is 0. The van der Waals surface area contributed by atoms with Crippen LogP contribution in [0.3, 0.4) is 0 Å². The van der Waals surface area contributed by atoms with Crippen LogP contribution in [0.4, 0.5) is 5.69 Å². The van der Waals surface area contributed by atoms with Gasteiger partial charge in [0.1, 0.15) is 0 Å². The third-order valence-corrected chi connectivity index (χ3v) is 6.36. The molecule has 1 aliphatic rings. The Morgan fingerprint density at radius 3 is 2.47 bits per heavy atom. The molecule has 0 N–H and O–H groups in total. The lowest BCUT2D eigenvalue weighted by Crippen LogP contribution is -2.49. The molecular weight excluding hydrogens is 420 g/mol. The Morgan fingerprint density at radius 1 is 1.07 bits per heavy atom. The Morgan fingerprint density at radius 2 is 1.77 bits per heavy atom. The maximum Gasteiger partial charge on any atom is 0.233 e. The van der Waals surface area contributed by atoms with Gasteiger partial charge in [0.15, 0.2) is 0 Å². The molecule has 1 aromatic heterocycles. The van der Waals surface area contributed by atoms with Gasteiger partial charge in [-0.1, -0.05) is 47.6 Å². The number of para-hydroxylation sites is 1. The third kappa shape index (κ3) is 4.44. The number of hydrogen-bond donors (Lipinski definition) is 0. The van der Waals surface area contributed by atoms with Crippen LogP contribution in [0.1, 0.15) is 11.1 Å². The van der Waals surface area contributed by atoms with Crippen LogP contribution in [0.2, 0.25) is 5.02 Å². The Labute approximate surface area is 185 Å². The smallest absolute Gasteiger partial charge is 0.233 e. The number of nitrogens with zero attached hydrogens (tertiary/aromatic N) is 6. The Hall–Kier alpha value is -2.58. The highest BCUT2D eigenvalue weighted by Crippen LogP contribution is 2.24. The van der Waals surface area contributed by atoms with Gasteiger partial charge in [-0.3, -0.25) is 4.79 Å². The summed E-state index contributed by atoms with van der Waals surface area (Å²) >= 11 is 7.47. The number of rotatable bonds is 5. The minimum absolute atomic E-state index is 0.0989. The first-order chi connectivity index (χ1) is 14.5. The Bertz CT molecular complexity index is 1030. The molecule has 1 aliphatic heterocycles. The lowest BCUT2D eigenvalue weighted by molar-refractivity contribution is -0.128. The summed E-state index contributed by atoms with van der Waals surface area (Å²) in [5, 5.41) is 13.4. The minimum atomic E-state index is 0.0989. The number of carbonyl (C=O) groups is 1. The fraction of sp³-hybridized carbons (Fsp3) is 0.333. The zero-order chi connectivity index (χ0) is 21.1. The van der Waals surface area contributed by atoms with E-state index in [9.17, 15) is 4.79 Å². The number of hydrogen-bond acceptors (Lipinski definition) is 6. The number of amides is 1. The molecule has 156 valence electrons. The molecule has 0 spiro atoms. The van der Waals surface area contributed by atoms with Gasteiger partial charge in [-0.15, -0.1) is 5.10 Å². The molecule has 2 aromatic carbocycles. The van der Waals surface area contributed by atoms with E-state index in [0.717, 1.165) is 40.6 Å². The molecule has 1 fully saturated rings. The first-order valence-electron chi connectivity index (χ1n) is 9.79. The molecule has 30 heavy (non-hydrogen) atoms. The number of benzene rings is 2. The molecule has 3 aromatic rings. The Balaban J connectivity index is 1.36. The molecule has 0 bridgehead atoms. The van der Waals surface area contributed by atoms with Crippen LogP contribution in [0.15, 0.2) is 47.6 Å². The number of aryl methyl sites for hydroxylation is 2. The van der Waals surface area contributed by atoms with E-state index in [1.807, 2.05) is 61.2 Å². The molecule has 4 rings (SSSR count). The van der Waals surface area contributed by atoms with Crippen molar-refractivity contribution in [3.8, 4) is 5.69 Å². The molecule has 0 unspecified atom stereocenters. The largest absolute Gasteiger partial charge is 0.368 e. The maximum absolute atomic E-state index is 12.8. The first kappa shape index (κ1) is 20.7. The van der Waals surface area contributed by atoms with Crippen molar-refractivity contribution in [2.24, 2.45) is 0 Å². The SMILES string of the molecule is Cc1cccc(C)c1-n1nnnc1SCC(=O)N1CCN(c2cccc(Cl)c2)CC1. The maximum atomic E-state index is 12.8. The number of halogens is 1. The van der Waals surface area contributed by atoms with Crippen molar-refractivity contribution < 1.29 is 4.79 Å². The van der Waals surface area contributed by atoms with Crippen LogP contribution in [0.5, 0.6) is 0 Å². The van der Waals surface area contributed by atoms with Crippen LogP contribution in [-0.2, 0) is 4.79 Å². The number of tetrazole rings is 1. The zero-order valence-corrected chi connectivity index (χ0v) is 18.5. The van der Waals surface area contributed by atoms with Crippen molar-refractivity contribution in [3.63, 3.8) is 0 Å². The fourth-order valence-electron chi connectivity index (χ4n) is 3.65. The van der Waals surface area contributed by atoms with E-state index in [4.69, 9.17) is 11.6 Å². The quantitative estimate of drug-likeness (QED) is 0.564. The highest BCUT2D eigenvalue weighted by Gasteiger charge is 2.22. The molecule has 0 atom stereocenters. The van der Waals surface area contributed by atoms with Gasteiger partial charge < -0.3 is 9.80 Å². The molecule has 1 amide bonds. The Kier molecular flexibility index (Phi) is 6.24. The molecular formula is C21H23ClN6OS. The van der Waals surface area contributed by atoms with Gasteiger partial charge in [-0.2, -0.15) is 4.68 Å². The number of piperazine rings is 1. The molecule has 7 nitrogen and oxygen atoms in total. The average Bonchev–Trinajstić information content (AvgIpc) is 3.20.